The van der Waals surface area contributed by atoms with E-state index >= 15 is 0 Å². The SMILES string of the molecule is COc1ccc(CNc2nc(N3CCC[C@H]3COC(=O)OCCCCCCO[N+](=O)[O-])ncc2C(=O)N(C)c2ncccn2)cc1Cl. The monoisotopic (exact) mass is 672 g/mol. The summed E-state index contributed by atoms with van der Waals surface area (Å²) in [5.41, 5.74) is 1.05. The number of methoxy groups -OCH3 is 1. The number of aromatic nitrogens is 4. The summed E-state index contributed by atoms with van der Waals surface area (Å²) >= 11 is 6.32. The molecule has 252 valence electrons. The number of amides is 1. The third-order valence-electron chi connectivity index (χ3n) is 7.32. The van der Waals surface area contributed by atoms with Gasteiger partial charge in [0.1, 0.15) is 23.7 Å². The molecule has 17 heteroatoms. The molecule has 1 atom stereocenters. The molecule has 0 radical (unpaired) electrons. The van der Waals surface area contributed by atoms with Gasteiger partial charge in [-0.3, -0.25) is 9.69 Å². The van der Waals surface area contributed by atoms with Crippen molar-refractivity contribution in [1.29, 1.82) is 0 Å². The number of hydrogen-bond acceptors (Lipinski definition) is 14. The van der Waals surface area contributed by atoms with Gasteiger partial charge in [0.05, 0.1) is 31.4 Å². The Morgan fingerprint density at radius 2 is 1.89 bits per heavy atom. The van der Waals surface area contributed by atoms with Crippen molar-refractivity contribution in [3.8, 4) is 5.75 Å². The Labute approximate surface area is 276 Å². The van der Waals surface area contributed by atoms with Crippen molar-refractivity contribution < 1.29 is 33.7 Å². The average Bonchev–Trinajstić information content (AvgIpc) is 3.56. The Bertz CT molecular complexity index is 1500. The van der Waals surface area contributed by atoms with Crippen molar-refractivity contribution in [2.24, 2.45) is 0 Å². The topological polar surface area (TPSA) is 184 Å². The summed E-state index contributed by atoms with van der Waals surface area (Å²) in [6, 6.07) is 6.84. The van der Waals surface area contributed by atoms with Gasteiger partial charge in [-0.25, -0.2) is 19.7 Å². The number of nitrogens with zero attached hydrogens (tertiary/aromatic N) is 7. The van der Waals surface area contributed by atoms with Crippen LogP contribution in [0, 0.1) is 10.1 Å². The van der Waals surface area contributed by atoms with E-state index in [1.54, 1.807) is 37.6 Å². The van der Waals surface area contributed by atoms with Crippen LogP contribution in [0.25, 0.3) is 0 Å². The molecule has 0 spiro atoms. The second-order valence-corrected chi connectivity index (χ2v) is 10.9. The molecule has 0 saturated carbocycles. The van der Waals surface area contributed by atoms with Crippen molar-refractivity contribution in [2.45, 2.75) is 51.1 Å². The molecule has 4 rings (SSSR count). The Morgan fingerprint density at radius 3 is 2.62 bits per heavy atom. The first-order valence-corrected chi connectivity index (χ1v) is 15.5. The van der Waals surface area contributed by atoms with Gasteiger partial charge in [-0.2, -0.15) is 4.98 Å². The summed E-state index contributed by atoms with van der Waals surface area (Å²) in [6.07, 6.45) is 7.95. The average molecular weight is 673 g/mol. The van der Waals surface area contributed by atoms with E-state index in [1.165, 1.54) is 18.2 Å². The Hall–Kier alpha value is -4.99. The van der Waals surface area contributed by atoms with Crippen LogP contribution < -0.4 is 19.9 Å². The fourth-order valence-corrected chi connectivity index (χ4v) is 5.15. The zero-order valence-corrected chi connectivity index (χ0v) is 26.9. The summed E-state index contributed by atoms with van der Waals surface area (Å²) in [6.45, 7) is 1.23. The molecule has 0 unspecified atom stereocenters. The van der Waals surface area contributed by atoms with Gasteiger partial charge in [0, 0.05) is 38.7 Å². The standard InChI is InChI=1S/C30H37ClN8O8/c1-37(28-32-12-8-13-33-28)27(40)23-19-35-29(36-26(23)34-18-21-10-11-25(44-2)24(31)17-21)38-14-7-9-22(38)20-46-30(41)45-15-5-3-4-6-16-47-39(42)43/h8,10-13,17,19,22H,3-7,9,14-16,18,20H2,1-2H3,(H,34,35,36)/t22-/m0/s1. The van der Waals surface area contributed by atoms with Gasteiger partial charge in [-0.1, -0.05) is 24.1 Å². The molecule has 3 heterocycles. The lowest BCUT2D eigenvalue weighted by molar-refractivity contribution is -0.757. The highest BCUT2D eigenvalue weighted by Crippen LogP contribution is 2.28. The second-order valence-electron chi connectivity index (χ2n) is 10.5. The molecule has 2 aromatic heterocycles. The molecule has 1 saturated heterocycles. The van der Waals surface area contributed by atoms with Crippen LogP contribution in [0.2, 0.25) is 5.02 Å². The van der Waals surface area contributed by atoms with E-state index in [1.807, 2.05) is 11.0 Å². The summed E-state index contributed by atoms with van der Waals surface area (Å²) in [5, 5.41) is 13.1. The maximum atomic E-state index is 13.6. The van der Waals surface area contributed by atoms with Crippen molar-refractivity contribution in [3.05, 3.63) is 69.1 Å². The normalized spacial score (nSPS) is 13.9. The van der Waals surface area contributed by atoms with E-state index in [-0.39, 0.29) is 37.4 Å². The van der Waals surface area contributed by atoms with Crippen LogP contribution in [-0.4, -0.2) is 83.6 Å². The van der Waals surface area contributed by atoms with Crippen molar-refractivity contribution in [3.63, 3.8) is 0 Å². The quantitative estimate of drug-likeness (QED) is 0.0899. The number of carbonyl (C=O) groups excluding carboxylic acids is 2. The third kappa shape index (κ3) is 10.3. The van der Waals surface area contributed by atoms with E-state index in [2.05, 4.69) is 25.1 Å². The molecule has 47 heavy (non-hydrogen) atoms. The lowest BCUT2D eigenvalue weighted by Gasteiger charge is -2.25. The van der Waals surface area contributed by atoms with E-state index in [0.717, 1.165) is 24.8 Å². The van der Waals surface area contributed by atoms with Crippen LogP contribution in [0.4, 0.5) is 22.5 Å². The van der Waals surface area contributed by atoms with Crippen LogP contribution in [0.5, 0.6) is 5.75 Å². The largest absolute Gasteiger partial charge is 0.508 e. The minimum absolute atomic E-state index is 0.0470. The maximum Gasteiger partial charge on any atom is 0.508 e. The molecule has 16 nitrogen and oxygen atoms in total. The highest BCUT2D eigenvalue weighted by atomic mass is 35.5. The minimum Gasteiger partial charge on any atom is -0.495 e. The van der Waals surface area contributed by atoms with Crippen LogP contribution in [0.3, 0.4) is 0 Å². The van der Waals surface area contributed by atoms with Gasteiger partial charge in [-0.15, -0.1) is 10.1 Å². The number of halogens is 1. The van der Waals surface area contributed by atoms with Crippen molar-refractivity contribution in [1.82, 2.24) is 19.9 Å². The fraction of sp³-hybridized carbons (Fsp3) is 0.467. The molecule has 1 aromatic carbocycles. The molecular formula is C30H37ClN8O8. The van der Waals surface area contributed by atoms with Crippen LogP contribution in [0.1, 0.15) is 54.4 Å². The lowest BCUT2D eigenvalue weighted by Crippen LogP contribution is -2.36. The van der Waals surface area contributed by atoms with Gasteiger partial charge in [0.15, 0.2) is 0 Å². The van der Waals surface area contributed by atoms with E-state index in [0.29, 0.717) is 54.9 Å². The molecule has 0 bridgehead atoms. The Morgan fingerprint density at radius 1 is 1.13 bits per heavy atom. The first-order valence-electron chi connectivity index (χ1n) is 15.1. The predicted octanol–water partition coefficient (Wildman–Crippen LogP) is 4.71. The summed E-state index contributed by atoms with van der Waals surface area (Å²) in [4.78, 5) is 61.1. The second kappa shape index (κ2) is 17.6. The molecule has 1 aliphatic heterocycles. The number of carbonyl (C=O) groups is 2. The van der Waals surface area contributed by atoms with Crippen LogP contribution in [-0.2, 0) is 20.9 Å². The number of anilines is 3. The van der Waals surface area contributed by atoms with Gasteiger partial charge >= 0.3 is 6.16 Å². The zero-order valence-electron chi connectivity index (χ0n) is 26.2. The molecule has 3 aromatic rings. The number of nitrogens with one attached hydrogen (secondary N) is 1. The predicted molar refractivity (Wildman–Crippen MR) is 171 cm³/mol. The zero-order chi connectivity index (χ0) is 33.6. The molecule has 1 amide bonds. The molecular weight excluding hydrogens is 636 g/mol. The lowest BCUT2D eigenvalue weighted by atomic mass is 10.2. The van der Waals surface area contributed by atoms with E-state index < -0.39 is 17.1 Å². The highest BCUT2D eigenvalue weighted by molar-refractivity contribution is 6.32. The number of ether oxygens (including phenoxy) is 3. The van der Waals surface area contributed by atoms with E-state index in [9.17, 15) is 19.7 Å². The number of rotatable bonds is 17. The highest BCUT2D eigenvalue weighted by Gasteiger charge is 2.30. The minimum atomic E-state index is -0.814. The number of hydrogen-bond donors (Lipinski definition) is 1. The first kappa shape index (κ1) is 34.9. The van der Waals surface area contributed by atoms with Gasteiger partial charge in [0.2, 0.25) is 11.9 Å². The summed E-state index contributed by atoms with van der Waals surface area (Å²) < 4.78 is 15.8. The van der Waals surface area contributed by atoms with Gasteiger partial charge in [-0.05, 0) is 55.9 Å². The maximum absolute atomic E-state index is 13.6. The van der Waals surface area contributed by atoms with Crippen LogP contribution in [0.15, 0.2) is 42.9 Å². The molecule has 1 fully saturated rings. The third-order valence-corrected chi connectivity index (χ3v) is 7.62. The van der Waals surface area contributed by atoms with Gasteiger partial charge < -0.3 is 29.3 Å². The molecule has 0 aliphatic carbocycles. The number of benzene rings is 1. The Kier molecular flexibility index (Phi) is 13.1. The van der Waals surface area contributed by atoms with E-state index in [4.69, 9.17) is 30.8 Å². The smallest absolute Gasteiger partial charge is 0.495 e. The van der Waals surface area contributed by atoms with Crippen molar-refractivity contribution in [2.75, 3.05) is 55.6 Å². The van der Waals surface area contributed by atoms with Gasteiger partial charge in [0.25, 0.3) is 11.0 Å². The summed E-state index contributed by atoms with van der Waals surface area (Å²) in [7, 11) is 3.11. The number of unbranched alkanes of at least 4 members (excludes halogenated alkanes) is 3. The summed E-state index contributed by atoms with van der Waals surface area (Å²) in [5.74, 6) is 1.03. The Balaban J connectivity index is 1.40. The molecule has 1 N–H and O–H groups in total. The van der Waals surface area contributed by atoms with Crippen molar-refractivity contribution >= 4 is 41.4 Å². The fourth-order valence-electron chi connectivity index (χ4n) is 4.87. The molecule has 1 aliphatic rings. The first-order chi connectivity index (χ1) is 22.8. The van der Waals surface area contributed by atoms with Crippen LogP contribution >= 0.6 is 11.6 Å².